The van der Waals surface area contributed by atoms with Crippen LogP contribution in [0.25, 0.3) is 6.08 Å². The first-order valence-electron chi connectivity index (χ1n) is 14.5. The molecule has 6 nitrogen and oxygen atoms in total. The molecule has 4 aromatic rings. The standard InChI is InChI=1S/C36H28Cl2N2O4/c1-20(2)44-24-14-11-22(12-15-24)32(41)31-30(33(42)26-16-13-23(37)19-28(26)38)36(27-9-5-6-10-29(27)39-35(36)43)34-25-8-4-3-7-21(25)17-18-40(31)34/h3-20,30-31,34H,1-2H3,(H,39,43)/t30-,31+,34+,36-/m1/s1. The number of carbonyl (C=O) groups is 3. The third kappa shape index (κ3) is 4.20. The van der Waals surface area contributed by atoms with Crippen LogP contribution in [0.2, 0.25) is 10.0 Å². The van der Waals surface area contributed by atoms with E-state index in [1.807, 2.05) is 79.6 Å². The molecule has 1 N–H and O–H groups in total. The van der Waals surface area contributed by atoms with Gasteiger partial charge in [0.25, 0.3) is 0 Å². The Hall–Kier alpha value is -4.39. The third-order valence-corrected chi connectivity index (χ3v) is 9.38. The summed E-state index contributed by atoms with van der Waals surface area (Å²) in [5.41, 5.74) is 2.23. The molecule has 0 unspecified atom stereocenters. The van der Waals surface area contributed by atoms with Gasteiger partial charge in [0.05, 0.1) is 23.1 Å². The molecule has 4 aromatic carbocycles. The normalized spacial score (nSPS) is 22.9. The van der Waals surface area contributed by atoms with Gasteiger partial charge in [0.2, 0.25) is 5.91 Å². The number of anilines is 1. The van der Waals surface area contributed by atoms with Crippen LogP contribution >= 0.6 is 23.2 Å². The van der Waals surface area contributed by atoms with Crippen LogP contribution in [0.5, 0.6) is 5.75 Å². The largest absolute Gasteiger partial charge is 0.491 e. The van der Waals surface area contributed by atoms with Crippen LogP contribution in [0.4, 0.5) is 5.69 Å². The molecule has 1 amide bonds. The summed E-state index contributed by atoms with van der Waals surface area (Å²) in [6.45, 7) is 3.86. The van der Waals surface area contributed by atoms with Crippen molar-refractivity contribution in [3.05, 3.63) is 135 Å². The van der Waals surface area contributed by atoms with Crippen molar-refractivity contribution < 1.29 is 19.1 Å². The summed E-state index contributed by atoms with van der Waals surface area (Å²) in [5.74, 6) is -1.53. The number of fused-ring (bicyclic) bond motifs is 6. The second kappa shape index (κ2) is 10.7. The highest BCUT2D eigenvalue weighted by Gasteiger charge is 2.70. The van der Waals surface area contributed by atoms with E-state index in [0.717, 1.165) is 11.1 Å². The molecule has 0 aliphatic carbocycles. The summed E-state index contributed by atoms with van der Waals surface area (Å²) in [7, 11) is 0. The SMILES string of the molecule is CC(C)Oc1ccc(C(=O)[C@@H]2[C@H](C(=O)c3ccc(Cl)cc3Cl)[C@@]3(C(=O)Nc4ccccc43)[C@@H]3c4ccccc4C=CN23)cc1. The van der Waals surface area contributed by atoms with Crippen LogP contribution in [0.1, 0.15) is 57.3 Å². The maximum atomic E-state index is 14.9. The first-order valence-corrected chi connectivity index (χ1v) is 15.2. The summed E-state index contributed by atoms with van der Waals surface area (Å²) >= 11 is 12.8. The Bertz CT molecular complexity index is 1870. The second-order valence-corrected chi connectivity index (χ2v) is 12.5. The molecule has 0 saturated carbocycles. The predicted molar refractivity (Wildman–Crippen MR) is 171 cm³/mol. The van der Waals surface area contributed by atoms with Crippen molar-refractivity contribution in [2.75, 3.05) is 5.32 Å². The number of hydrogen-bond acceptors (Lipinski definition) is 5. The average molecular weight is 624 g/mol. The van der Waals surface area contributed by atoms with Crippen LogP contribution in [0, 0.1) is 5.92 Å². The topological polar surface area (TPSA) is 75.7 Å². The lowest BCUT2D eigenvalue weighted by Gasteiger charge is -2.38. The maximum absolute atomic E-state index is 14.9. The van der Waals surface area contributed by atoms with Gasteiger partial charge in [-0.15, -0.1) is 0 Å². The van der Waals surface area contributed by atoms with E-state index in [-0.39, 0.29) is 28.4 Å². The molecule has 7 rings (SSSR count). The third-order valence-electron chi connectivity index (χ3n) is 8.83. The lowest BCUT2D eigenvalue weighted by Crippen LogP contribution is -2.49. The molecule has 3 aliphatic rings. The van der Waals surface area contributed by atoms with E-state index in [9.17, 15) is 14.4 Å². The van der Waals surface area contributed by atoms with Gasteiger partial charge in [0.1, 0.15) is 17.2 Å². The molecular formula is C36H28Cl2N2O4. The quantitative estimate of drug-likeness (QED) is 0.222. The van der Waals surface area contributed by atoms with Crippen molar-refractivity contribution in [1.29, 1.82) is 0 Å². The summed E-state index contributed by atoms with van der Waals surface area (Å²) < 4.78 is 5.80. The molecule has 0 radical (unpaired) electrons. The van der Waals surface area contributed by atoms with Crippen LogP contribution < -0.4 is 10.1 Å². The fourth-order valence-corrected chi connectivity index (χ4v) is 7.67. The number of para-hydroxylation sites is 1. The molecule has 220 valence electrons. The van der Waals surface area contributed by atoms with Crippen LogP contribution in [-0.2, 0) is 10.2 Å². The van der Waals surface area contributed by atoms with Gasteiger partial charge in [0.15, 0.2) is 11.6 Å². The number of nitrogens with zero attached hydrogens (tertiary/aromatic N) is 1. The molecule has 3 heterocycles. The van der Waals surface area contributed by atoms with Crippen LogP contribution in [0.3, 0.4) is 0 Å². The number of nitrogens with one attached hydrogen (secondary N) is 1. The van der Waals surface area contributed by atoms with E-state index in [1.165, 1.54) is 6.07 Å². The van der Waals surface area contributed by atoms with E-state index in [0.29, 0.717) is 27.6 Å². The van der Waals surface area contributed by atoms with E-state index in [4.69, 9.17) is 27.9 Å². The Morgan fingerprint density at radius 2 is 1.64 bits per heavy atom. The Morgan fingerprint density at radius 1 is 0.909 bits per heavy atom. The minimum atomic E-state index is -1.45. The fraction of sp³-hybridized carbons (Fsp3) is 0.194. The Labute approximate surface area is 265 Å². The number of halogens is 2. The molecule has 1 fully saturated rings. The van der Waals surface area contributed by atoms with Crippen molar-refractivity contribution in [1.82, 2.24) is 4.90 Å². The van der Waals surface area contributed by atoms with Gasteiger partial charge in [-0.1, -0.05) is 65.7 Å². The van der Waals surface area contributed by atoms with Gasteiger partial charge >= 0.3 is 0 Å². The van der Waals surface area contributed by atoms with Gasteiger partial charge < -0.3 is 15.0 Å². The summed E-state index contributed by atoms with van der Waals surface area (Å²) in [6, 6.07) is 25.1. The summed E-state index contributed by atoms with van der Waals surface area (Å²) in [4.78, 5) is 46.1. The predicted octanol–water partition coefficient (Wildman–Crippen LogP) is 7.76. The zero-order chi connectivity index (χ0) is 30.7. The Kier molecular flexibility index (Phi) is 6.87. The lowest BCUT2D eigenvalue weighted by atomic mass is 9.62. The maximum Gasteiger partial charge on any atom is 0.238 e. The number of benzene rings is 4. The van der Waals surface area contributed by atoms with E-state index >= 15 is 0 Å². The summed E-state index contributed by atoms with van der Waals surface area (Å²) in [6.07, 6.45) is 3.75. The van der Waals surface area contributed by atoms with Crippen LogP contribution in [-0.4, -0.2) is 34.5 Å². The van der Waals surface area contributed by atoms with Crippen molar-refractivity contribution in [2.24, 2.45) is 5.92 Å². The Morgan fingerprint density at radius 3 is 2.39 bits per heavy atom. The number of ether oxygens (including phenoxy) is 1. The molecule has 8 heteroatoms. The van der Waals surface area contributed by atoms with Gasteiger partial charge in [-0.3, -0.25) is 14.4 Å². The molecule has 3 aliphatic heterocycles. The van der Waals surface area contributed by atoms with E-state index < -0.39 is 29.2 Å². The lowest BCUT2D eigenvalue weighted by molar-refractivity contribution is -0.122. The van der Waals surface area contributed by atoms with Crippen LogP contribution in [0.15, 0.2) is 97.2 Å². The van der Waals surface area contributed by atoms with E-state index in [2.05, 4.69) is 5.32 Å². The minimum Gasteiger partial charge on any atom is -0.491 e. The molecule has 1 saturated heterocycles. The second-order valence-electron chi connectivity index (χ2n) is 11.6. The van der Waals surface area contributed by atoms with Gasteiger partial charge in [0, 0.05) is 28.0 Å². The fourth-order valence-electron chi connectivity index (χ4n) is 7.17. The molecule has 1 spiro atoms. The molecule has 0 aromatic heterocycles. The van der Waals surface area contributed by atoms with E-state index in [1.54, 1.807) is 36.4 Å². The first kappa shape index (κ1) is 28.4. The van der Waals surface area contributed by atoms with Crippen molar-refractivity contribution in [3.63, 3.8) is 0 Å². The first-order chi connectivity index (χ1) is 21.2. The van der Waals surface area contributed by atoms with Gasteiger partial charge in [-0.25, -0.2) is 0 Å². The number of ketones is 2. The highest BCUT2D eigenvalue weighted by molar-refractivity contribution is 6.37. The average Bonchev–Trinajstić information content (AvgIpc) is 3.49. The summed E-state index contributed by atoms with van der Waals surface area (Å²) in [5, 5.41) is 3.59. The number of amides is 1. The number of carbonyl (C=O) groups excluding carboxylic acids is 3. The van der Waals surface area contributed by atoms with Crippen molar-refractivity contribution >= 4 is 52.4 Å². The molecular weight excluding hydrogens is 595 g/mol. The highest BCUT2D eigenvalue weighted by atomic mass is 35.5. The Balaban J connectivity index is 1.49. The van der Waals surface area contributed by atoms with Gasteiger partial charge in [-0.2, -0.15) is 0 Å². The minimum absolute atomic E-state index is 0.0300. The number of rotatable bonds is 6. The zero-order valence-electron chi connectivity index (χ0n) is 24.0. The zero-order valence-corrected chi connectivity index (χ0v) is 25.5. The van der Waals surface area contributed by atoms with Crippen molar-refractivity contribution in [2.45, 2.75) is 37.5 Å². The number of Topliss-reactive ketones (excluding diaryl/α,β-unsaturated/α-hetero) is 2. The molecule has 44 heavy (non-hydrogen) atoms. The molecule has 4 atom stereocenters. The molecule has 0 bridgehead atoms. The van der Waals surface area contributed by atoms with Gasteiger partial charge in [-0.05, 0) is 85.1 Å². The smallest absolute Gasteiger partial charge is 0.238 e. The monoisotopic (exact) mass is 622 g/mol. The highest BCUT2D eigenvalue weighted by Crippen LogP contribution is 2.62. The number of hydrogen-bond donors (Lipinski definition) is 1. The van der Waals surface area contributed by atoms with Crippen molar-refractivity contribution in [3.8, 4) is 5.75 Å².